The van der Waals surface area contributed by atoms with Crippen LogP contribution in [0.25, 0.3) is 0 Å². The van der Waals surface area contributed by atoms with Gasteiger partial charge in [0.15, 0.2) is 0 Å². The number of carbonyl (C=O) groups is 1. The predicted octanol–water partition coefficient (Wildman–Crippen LogP) is 5.22. The summed E-state index contributed by atoms with van der Waals surface area (Å²) in [6.45, 7) is 6.04. The second kappa shape index (κ2) is 13.9. The van der Waals surface area contributed by atoms with E-state index in [1.54, 1.807) is 0 Å². The standard InChI is InChI=1S/C24H34Cl2N4O3S/c1-18(2)15-21(29-24(31)28-20-9-5-4-6-10-20)17-30(3)14-8-7-13-27-34(32,33)23-12-11-19(25)16-22(23)26/h4-6,9-12,16,18,21,27H,7-8,13-15,17H2,1-3H3,(H2,28,29,31)/t21-/m0/s1. The molecule has 0 bridgehead atoms. The fraction of sp³-hybridized carbons (Fsp3) is 0.458. The summed E-state index contributed by atoms with van der Waals surface area (Å²) in [7, 11) is -1.69. The molecule has 7 nitrogen and oxygen atoms in total. The average molecular weight is 530 g/mol. The van der Waals surface area contributed by atoms with Crippen LogP contribution in [0.4, 0.5) is 10.5 Å². The highest BCUT2D eigenvalue weighted by Crippen LogP contribution is 2.24. The Kier molecular flexibility index (Phi) is 11.6. The van der Waals surface area contributed by atoms with Crippen molar-refractivity contribution >= 4 is 44.9 Å². The number of benzene rings is 2. The van der Waals surface area contributed by atoms with E-state index in [1.165, 1.54) is 18.2 Å². The fourth-order valence-electron chi connectivity index (χ4n) is 3.57. The molecule has 2 rings (SSSR count). The molecule has 0 saturated heterocycles. The first-order valence-electron chi connectivity index (χ1n) is 11.3. The molecule has 10 heteroatoms. The zero-order chi connectivity index (χ0) is 25.1. The molecular weight excluding hydrogens is 495 g/mol. The number of halogens is 2. The molecule has 3 N–H and O–H groups in total. The van der Waals surface area contributed by atoms with Crippen molar-refractivity contribution in [2.24, 2.45) is 5.92 Å². The third-order valence-electron chi connectivity index (χ3n) is 5.10. The van der Waals surface area contributed by atoms with Crippen molar-refractivity contribution in [1.82, 2.24) is 14.9 Å². The lowest BCUT2D eigenvalue weighted by Gasteiger charge is -2.26. The molecule has 0 radical (unpaired) electrons. The third-order valence-corrected chi connectivity index (χ3v) is 7.28. The van der Waals surface area contributed by atoms with E-state index in [0.29, 0.717) is 30.5 Å². The molecule has 0 spiro atoms. The normalized spacial score (nSPS) is 12.7. The molecule has 2 aromatic carbocycles. The molecule has 1 atom stereocenters. The number of amides is 2. The number of likely N-dealkylation sites (N-methyl/N-ethyl adjacent to an activating group) is 1. The number of sulfonamides is 1. The minimum Gasteiger partial charge on any atom is -0.334 e. The largest absolute Gasteiger partial charge is 0.334 e. The number of nitrogens with one attached hydrogen (secondary N) is 3. The van der Waals surface area contributed by atoms with Gasteiger partial charge in [-0.05, 0) is 69.1 Å². The molecule has 2 aromatic rings. The Labute approximate surface area is 213 Å². The van der Waals surface area contributed by atoms with Crippen molar-refractivity contribution in [3.05, 3.63) is 58.6 Å². The van der Waals surface area contributed by atoms with E-state index in [9.17, 15) is 13.2 Å². The highest BCUT2D eigenvalue weighted by molar-refractivity contribution is 7.89. The molecule has 0 saturated carbocycles. The van der Waals surface area contributed by atoms with Gasteiger partial charge in [0.2, 0.25) is 10.0 Å². The SMILES string of the molecule is CC(C)C[C@@H](CN(C)CCCCNS(=O)(=O)c1ccc(Cl)cc1Cl)NC(=O)Nc1ccccc1. The van der Waals surface area contributed by atoms with Crippen LogP contribution in [0.3, 0.4) is 0 Å². The summed E-state index contributed by atoms with van der Waals surface area (Å²) in [6.07, 6.45) is 2.33. The van der Waals surface area contributed by atoms with Crippen molar-refractivity contribution in [3.63, 3.8) is 0 Å². The molecule has 0 aromatic heterocycles. The Hall–Kier alpha value is -1.84. The Morgan fingerprint density at radius 2 is 1.76 bits per heavy atom. The molecule has 0 aliphatic rings. The van der Waals surface area contributed by atoms with E-state index in [0.717, 1.165) is 25.1 Å². The van der Waals surface area contributed by atoms with Gasteiger partial charge in [0, 0.05) is 29.8 Å². The molecular formula is C24H34Cl2N4O3S. The number of unbranched alkanes of at least 4 members (excludes halogenated alkanes) is 1. The Morgan fingerprint density at radius 1 is 1.06 bits per heavy atom. The first kappa shape index (κ1) is 28.4. The first-order valence-corrected chi connectivity index (χ1v) is 13.6. The monoisotopic (exact) mass is 528 g/mol. The van der Waals surface area contributed by atoms with E-state index in [4.69, 9.17) is 23.2 Å². The summed E-state index contributed by atoms with van der Waals surface area (Å²) >= 11 is 11.9. The fourth-order valence-corrected chi connectivity index (χ4v) is 5.42. The minimum atomic E-state index is -3.69. The molecule has 0 aliphatic heterocycles. The van der Waals surface area contributed by atoms with Crippen molar-refractivity contribution in [1.29, 1.82) is 0 Å². The van der Waals surface area contributed by atoms with Crippen LogP contribution in [0.15, 0.2) is 53.4 Å². The second-order valence-electron chi connectivity index (χ2n) is 8.73. The maximum atomic E-state index is 12.4. The Balaban J connectivity index is 1.76. The van der Waals surface area contributed by atoms with Crippen molar-refractivity contribution in [3.8, 4) is 0 Å². The van der Waals surface area contributed by atoms with E-state index in [2.05, 4.69) is 34.1 Å². The van der Waals surface area contributed by atoms with Gasteiger partial charge in [0.25, 0.3) is 0 Å². The quantitative estimate of drug-likeness (QED) is 0.311. The molecule has 0 aliphatic carbocycles. The maximum Gasteiger partial charge on any atom is 0.319 e. The highest BCUT2D eigenvalue weighted by atomic mass is 35.5. The van der Waals surface area contributed by atoms with Gasteiger partial charge in [0.05, 0.1) is 5.02 Å². The number of carbonyl (C=O) groups excluding carboxylic acids is 1. The van der Waals surface area contributed by atoms with Crippen LogP contribution >= 0.6 is 23.2 Å². The zero-order valence-corrected chi connectivity index (χ0v) is 22.2. The predicted molar refractivity (Wildman–Crippen MR) is 140 cm³/mol. The number of urea groups is 1. The van der Waals surface area contributed by atoms with Gasteiger partial charge in [-0.1, -0.05) is 55.2 Å². The van der Waals surface area contributed by atoms with Crippen molar-refractivity contribution in [2.75, 3.05) is 32.0 Å². The summed E-state index contributed by atoms with van der Waals surface area (Å²) in [4.78, 5) is 14.6. The number of anilines is 1. The van der Waals surface area contributed by atoms with Gasteiger partial charge in [-0.2, -0.15) is 0 Å². The van der Waals surface area contributed by atoms with Crippen LogP contribution in [0.5, 0.6) is 0 Å². The number of nitrogens with zero attached hydrogens (tertiary/aromatic N) is 1. The zero-order valence-electron chi connectivity index (χ0n) is 19.9. The second-order valence-corrected chi connectivity index (χ2v) is 11.3. The molecule has 0 heterocycles. The smallest absolute Gasteiger partial charge is 0.319 e. The van der Waals surface area contributed by atoms with Crippen LogP contribution in [0.2, 0.25) is 10.0 Å². The highest BCUT2D eigenvalue weighted by Gasteiger charge is 2.18. The summed E-state index contributed by atoms with van der Waals surface area (Å²) < 4.78 is 27.5. The van der Waals surface area contributed by atoms with Crippen LogP contribution in [-0.4, -0.2) is 52.1 Å². The van der Waals surface area contributed by atoms with Gasteiger partial charge in [-0.25, -0.2) is 17.9 Å². The topological polar surface area (TPSA) is 90.5 Å². The van der Waals surface area contributed by atoms with Crippen LogP contribution in [0, 0.1) is 5.92 Å². The maximum absolute atomic E-state index is 12.4. The lowest BCUT2D eigenvalue weighted by atomic mass is 10.0. The van der Waals surface area contributed by atoms with E-state index in [1.807, 2.05) is 37.4 Å². The Morgan fingerprint density at radius 3 is 2.41 bits per heavy atom. The summed E-state index contributed by atoms with van der Waals surface area (Å²) in [5.41, 5.74) is 0.749. The lowest BCUT2D eigenvalue weighted by Crippen LogP contribution is -2.45. The summed E-state index contributed by atoms with van der Waals surface area (Å²) in [5.74, 6) is 0.435. The Bertz CT molecular complexity index is 1020. The molecule has 2 amide bonds. The summed E-state index contributed by atoms with van der Waals surface area (Å²) in [5, 5.41) is 6.42. The van der Waals surface area contributed by atoms with Gasteiger partial charge >= 0.3 is 6.03 Å². The van der Waals surface area contributed by atoms with Gasteiger partial charge in [-0.3, -0.25) is 0 Å². The van der Waals surface area contributed by atoms with Crippen molar-refractivity contribution in [2.45, 2.75) is 44.0 Å². The number of para-hydroxylation sites is 1. The molecule has 34 heavy (non-hydrogen) atoms. The van der Waals surface area contributed by atoms with Crippen LogP contribution in [0.1, 0.15) is 33.1 Å². The molecule has 0 fully saturated rings. The molecule has 0 unspecified atom stereocenters. The minimum absolute atomic E-state index is 0.000684. The van der Waals surface area contributed by atoms with Gasteiger partial charge in [-0.15, -0.1) is 0 Å². The van der Waals surface area contributed by atoms with Crippen LogP contribution in [-0.2, 0) is 10.0 Å². The third kappa shape index (κ3) is 10.2. The van der Waals surface area contributed by atoms with E-state index < -0.39 is 10.0 Å². The molecule has 188 valence electrons. The summed E-state index contributed by atoms with van der Waals surface area (Å²) in [6, 6.07) is 13.4. The van der Waals surface area contributed by atoms with E-state index >= 15 is 0 Å². The van der Waals surface area contributed by atoms with Crippen LogP contribution < -0.4 is 15.4 Å². The van der Waals surface area contributed by atoms with Gasteiger partial charge < -0.3 is 15.5 Å². The lowest BCUT2D eigenvalue weighted by molar-refractivity contribution is 0.233. The first-order chi connectivity index (χ1) is 16.1. The number of hydrogen-bond acceptors (Lipinski definition) is 4. The van der Waals surface area contributed by atoms with Gasteiger partial charge in [0.1, 0.15) is 4.90 Å². The van der Waals surface area contributed by atoms with E-state index in [-0.39, 0.29) is 22.0 Å². The number of rotatable bonds is 13. The van der Waals surface area contributed by atoms with Crippen molar-refractivity contribution < 1.29 is 13.2 Å². The number of hydrogen-bond donors (Lipinski definition) is 3. The average Bonchev–Trinajstić information content (AvgIpc) is 2.73.